The molecule has 0 aliphatic carbocycles. The summed E-state index contributed by atoms with van der Waals surface area (Å²) in [5, 5.41) is 12.5. The Hall–Kier alpha value is -3.00. The minimum absolute atomic E-state index is 0.0490. The third-order valence-electron chi connectivity index (χ3n) is 3.67. The SMILES string of the molecule is CC(Nc1nn2c(=O)ccnc2s1)c1ccc(-n2cccn2)cc1. The summed E-state index contributed by atoms with van der Waals surface area (Å²) < 4.78 is 3.12. The zero-order valence-electron chi connectivity index (χ0n) is 12.8. The first-order valence-electron chi connectivity index (χ1n) is 7.42. The standard InChI is InChI=1S/C16H14N6OS/c1-11(12-3-5-13(6-4-12)21-10-2-8-18-21)19-15-20-22-14(23)7-9-17-16(22)24-15/h2-11H,1H3,(H,19,20). The first-order chi connectivity index (χ1) is 11.7. The second kappa shape index (κ2) is 5.89. The summed E-state index contributed by atoms with van der Waals surface area (Å²) in [6, 6.07) is 11.5. The molecule has 0 radical (unpaired) electrons. The van der Waals surface area contributed by atoms with Crippen LogP contribution in [-0.2, 0) is 0 Å². The predicted octanol–water partition coefficient (Wildman–Crippen LogP) is 2.51. The highest BCUT2D eigenvalue weighted by Gasteiger charge is 2.11. The molecule has 4 aromatic rings. The van der Waals surface area contributed by atoms with E-state index in [0.29, 0.717) is 10.1 Å². The lowest BCUT2D eigenvalue weighted by molar-refractivity contribution is 0.842. The van der Waals surface area contributed by atoms with Gasteiger partial charge in [-0.1, -0.05) is 23.5 Å². The minimum atomic E-state index is -0.180. The van der Waals surface area contributed by atoms with Crippen LogP contribution < -0.4 is 10.9 Å². The number of fused-ring (bicyclic) bond motifs is 1. The monoisotopic (exact) mass is 338 g/mol. The smallest absolute Gasteiger partial charge is 0.275 e. The molecule has 0 bridgehead atoms. The van der Waals surface area contributed by atoms with Gasteiger partial charge in [0.2, 0.25) is 10.1 Å². The first-order valence-corrected chi connectivity index (χ1v) is 8.24. The maximum absolute atomic E-state index is 11.7. The molecule has 0 saturated carbocycles. The number of anilines is 1. The molecule has 1 N–H and O–H groups in total. The van der Waals surface area contributed by atoms with E-state index in [0.717, 1.165) is 11.3 Å². The summed E-state index contributed by atoms with van der Waals surface area (Å²) in [5.74, 6) is 0. The van der Waals surface area contributed by atoms with Crippen LogP contribution in [0.4, 0.5) is 5.13 Å². The fourth-order valence-corrected chi connectivity index (χ4v) is 3.27. The Morgan fingerprint density at radius 2 is 2.00 bits per heavy atom. The Morgan fingerprint density at radius 1 is 1.17 bits per heavy atom. The van der Waals surface area contributed by atoms with E-state index in [2.05, 4.69) is 20.5 Å². The van der Waals surface area contributed by atoms with Gasteiger partial charge in [-0.2, -0.15) is 9.61 Å². The molecule has 0 fully saturated rings. The van der Waals surface area contributed by atoms with Crippen molar-refractivity contribution in [1.29, 1.82) is 0 Å². The number of benzene rings is 1. The van der Waals surface area contributed by atoms with Crippen LogP contribution in [0.25, 0.3) is 10.6 Å². The molecule has 3 aromatic heterocycles. The predicted molar refractivity (Wildman–Crippen MR) is 92.7 cm³/mol. The van der Waals surface area contributed by atoms with Gasteiger partial charge in [0, 0.05) is 24.7 Å². The number of nitrogens with one attached hydrogen (secondary N) is 1. The lowest BCUT2D eigenvalue weighted by Gasteiger charge is -2.13. The molecular formula is C16H14N6OS. The van der Waals surface area contributed by atoms with Crippen molar-refractivity contribution in [1.82, 2.24) is 24.4 Å². The van der Waals surface area contributed by atoms with Crippen LogP contribution in [0.1, 0.15) is 18.5 Å². The molecule has 7 nitrogen and oxygen atoms in total. The van der Waals surface area contributed by atoms with Crippen molar-refractivity contribution >= 4 is 21.4 Å². The van der Waals surface area contributed by atoms with Crippen LogP contribution in [0.15, 0.2) is 59.8 Å². The van der Waals surface area contributed by atoms with Gasteiger partial charge in [0.1, 0.15) is 0 Å². The molecule has 3 heterocycles. The summed E-state index contributed by atoms with van der Waals surface area (Å²) >= 11 is 1.35. The van der Waals surface area contributed by atoms with Crippen molar-refractivity contribution < 1.29 is 0 Å². The van der Waals surface area contributed by atoms with Crippen molar-refractivity contribution in [3.63, 3.8) is 0 Å². The minimum Gasteiger partial charge on any atom is -0.354 e. The number of nitrogens with zero attached hydrogens (tertiary/aromatic N) is 5. The summed E-state index contributed by atoms with van der Waals surface area (Å²) in [5.41, 5.74) is 1.94. The second-order valence-corrected chi connectivity index (χ2v) is 6.25. The Balaban J connectivity index is 1.55. The van der Waals surface area contributed by atoms with Crippen LogP contribution in [-0.4, -0.2) is 24.4 Å². The third kappa shape index (κ3) is 2.67. The Morgan fingerprint density at radius 3 is 2.71 bits per heavy atom. The molecule has 0 saturated heterocycles. The van der Waals surface area contributed by atoms with Gasteiger partial charge in [-0.15, -0.1) is 5.10 Å². The van der Waals surface area contributed by atoms with E-state index in [4.69, 9.17) is 0 Å². The van der Waals surface area contributed by atoms with E-state index in [1.807, 2.05) is 48.1 Å². The van der Waals surface area contributed by atoms with Crippen molar-refractivity contribution in [2.45, 2.75) is 13.0 Å². The van der Waals surface area contributed by atoms with E-state index >= 15 is 0 Å². The van der Waals surface area contributed by atoms with Gasteiger partial charge in [-0.25, -0.2) is 9.67 Å². The molecule has 0 aliphatic rings. The van der Waals surface area contributed by atoms with Crippen molar-refractivity contribution in [2.75, 3.05) is 5.32 Å². The van der Waals surface area contributed by atoms with Crippen LogP contribution in [0.5, 0.6) is 0 Å². The molecule has 0 spiro atoms. The van der Waals surface area contributed by atoms with Crippen LogP contribution in [0, 0.1) is 0 Å². The van der Waals surface area contributed by atoms with Crippen LogP contribution >= 0.6 is 11.3 Å². The average molecular weight is 338 g/mol. The number of hydrogen-bond acceptors (Lipinski definition) is 6. The lowest BCUT2D eigenvalue weighted by atomic mass is 10.1. The highest BCUT2D eigenvalue weighted by Crippen LogP contribution is 2.23. The van der Waals surface area contributed by atoms with Gasteiger partial charge in [-0.05, 0) is 30.7 Å². The molecular weight excluding hydrogens is 324 g/mol. The van der Waals surface area contributed by atoms with Gasteiger partial charge < -0.3 is 5.32 Å². The normalized spacial score (nSPS) is 12.4. The summed E-state index contributed by atoms with van der Waals surface area (Å²) in [6.45, 7) is 2.05. The molecule has 24 heavy (non-hydrogen) atoms. The highest BCUT2D eigenvalue weighted by molar-refractivity contribution is 7.20. The fourth-order valence-electron chi connectivity index (χ4n) is 2.41. The molecule has 1 atom stereocenters. The lowest BCUT2D eigenvalue weighted by Crippen LogP contribution is -2.13. The number of rotatable bonds is 4. The summed E-state index contributed by atoms with van der Waals surface area (Å²) in [6.07, 6.45) is 5.15. The number of aromatic nitrogens is 5. The zero-order chi connectivity index (χ0) is 16.5. The molecule has 0 aliphatic heterocycles. The Kier molecular flexibility index (Phi) is 3.58. The van der Waals surface area contributed by atoms with Crippen LogP contribution in [0.3, 0.4) is 0 Å². The fraction of sp³-hybridized carbons (Fsp3) is 0.125. The zero-order valence-corrected chi connectivity index (χ0v) is 13.6. The van der Waals surface area contributed by atoms with Gasteiger partial charge in [-0.3, -0.25) is 4.79 Å². The van der Waals surface area contributed by atoms with Crippen molar-refractivity contribution in [3.05, 3.63) is 70.9 Å². The van der Waals surface area contributed by atoms with Gasteiger partial charge in [0.05, 0.1) is 11.7 Å². The van der Waals surface area contributed by atoms with Crippen molar-refractivity contribution in [3.8, 4) is 5.69 Å². The van der Waals surface area contributed by atoms with E-state index in [1.165, 1.54) is 28.1 Å². The van der Waals surface area contributed by atoms with E-state index in [9.17, 15) is 4.79 Å². The van der Waals surface area contributed by atoms with E-state index in [-0.39, 0.29) is 11.6 Å². The van der Waals surface area contributed by atoms with Crippen molar-refractivity contribution in [2.24, 2.45) is 0 Å². The largest absolute Gasteiger partial charge is 0.354 e. The molecule has 1 aromatic carbocycles. The Labute approximate surface area is 141 Å². The molecule has 0 amide bonds. The quantitative estimate of drug-likeness (QED) is 0.619. The average Bonchev–Trinajstić information content (AvgIpc) is 3.25. The van der Waals surface area contributed by atoms with Gasteiger partial charge in [0.15, 0.2) is 0 Å². The maximum atomic E-state index is 11.7. The van der Waals surface area contributed by atoms with E-state index < -0.39 is 0 Å². The topological polar surface area (TPSA) is 77.1 Å². The summed E-state index contributed by atoms with van der Waals surface area (Å²) in [7, 11) is 0. The number of hydrogen-bond donors (Lipinski definition) is 1. The summed E-state index contributed by atoms with van der Waals surface area (Å²) in [4.78, 5) is 16.5. The first kappa shape index (κ1) is 14.6. The third-order valence-corrected chi connectivity index (χ3v) is 4.53. The van der Waals surface area contributed by atoms with Gasteiger partial charge in [0.25, 0.3) is 5.56 Å². The van der Waals surface area contributed by atoms with E-state index in [1.54, 1.807) is 6.20 Å². The van der Waals surface area contributed by atoms with Crippen LogP contribution in [0.2, 0.25) is 0 Å². The molecule has 8 heteroatoms. The van der Waals surface area contributed by atoms with Gasteiger partial charge >= 0.3 is 0 Å². The highest BCUT2D eigenvalue weighted by atomic mass is 32.1. The second-order valence-electron chi connectivity index (χ2n) is 5.29. The maximum Gasteiger partial charge on any atom is 0.275 e. The molecule has 1 unspecified atom stereocenters. The molecule has 120 valence electrons. The molecule has 4 rings (SSSR count). The Bertz CT molecular complexity index is 1020.